The van der Waals surface area contributed by atoms with E-state index in [4.69, 9.17) is 9.47 Å². The molecule has 2 rings (SSSR count). The number of methoxy groups -OCH3 is 2. The Balaban J connectivity index is 2.06. The normalized spacial score (nSPS) is 11.9. The van der Waals surface area contributed by atoms with Crippen LogP contribution in [-0.4, -0.2) is 14.2 Å². The SMILES string of the molecule is COc1cc(OC)cc([C@H](C)CCc2ccccc2)c1. The molecule has 106 valence electrons. The van der Waals surface area contributed by atoms with Crippen molar-refractivity contribution in [3.63, 3.8) is 0 Å². The summed E-state index contributed by atoms with van der Waals surface area (Å²) in [6.07, 6.45) is 2.20. The van der Waals surface area contributed by atoms with Gasteiger partial charge in [-0.2, -0.15) is 0 Å². The van der Waals surface area contributed by atoms with Crippen molar-refractivity contribution in [2.24, 2.45) is 0 Å². The minimum atomic E-state index is 0.471. The van der Waals surface area contributed by atoms with E-state index in [1.807, 2.05) is 6.07 Å². The van der Waals surface area contributed by atoms with Crippen LogP contribution >= 0.6 is 0 Å². The number of benzene rings is 2. The van der Waals surface area contributed by atoms with Gasteiger partial charge in [-0.15, -0.1) is 0 Å². The first-order chi connectivity index (χ1) is 9.72. The third-order valence-corrected chi connectivity index (χ3v) is 3.65. The number of aryl methyl sites for hydroxylation is 1. The molecule has 0 saturated heterocycles. The molecule has 0 bridgehead atoms. The van der Waals surface area contributed by atoms with E-state index in [-0.39, 0.29) is 0 Å². The Hall–Kier alpha value is -1.96. The molecule has 0 radical (unpaired) electrons. The van der Waals surface area contributed by atoms with E-state index in [2.05, 4.69) is 49.4 Å². The van der Waals surface area contributed by atoms with E-state index in [1.165, 1.54) is 11.1 Å². The summed E-state index contributed by atoms with van der Waals surface area (Å²) >= 11 is 0. The summed E-state index contributed by atoms with van der Waals surface area (Å²) in [7, 11) is 3.38. The first-order valence-corrected chi connectivity index (χ1v) is 7.00. The fraction of sp³-hybridized carbons (Fsp3) is 0.333. The van der Waals surface area contributed by atoms with Crippen LogP contribution in [0.5, 0.6) is 11.5 Å². The second-order valence-corrected chi connectivity index (χ2v) is 5.07. The molecule has 0 spiro atoms. The Bertz CT molecular complexity index is 512. The van der Waals surface area contributed by atoms with Crippen LogP contribution in [0.15, 0.2) is 48.5 Å². The van der Waals surface area contributed by atoms with Crippen molar-refractivity contribution in [3.05, 3.63) is 59.7 Å². The molecule has 0 aliphatic rings. The highest BCUT2D eigenvalue weighted by atomic mass is 16.5. The molecule has 2 heteroatoms. The number of rotatable bonds is 6. The number of ether oxygens (including phenoxy) is 2. The van der Waals surface area contributed by atoms with Gasteiger partial charge in [0.2, 0.25) is 0 Å². The minimum absolute atomic E-state index is 0.471. The van der Waals surface area contributed by atoms with Gasteiger partial charge in [0, 0.05) is 6.07 Å². The lowest BCUT2D eigenvalue weighted by atomic mass is 9.94. The second kappa shape index (κ2) is 6.99. The summed E-state index contributed by atoms with van der Waals surface area (Å²) in [6, 6.07) is 16.7. The van der Waals surface area contributed by atoms with E-state index < -0.39 is 0 Å². The maximum atomic E-state index is 5.33. The van der Waals surface area contributed by atoms with Gasteiger partial charge >= 0.3 is 0 Å². The minimum Gasteiger partial charge on any atom is -0.497 e. The van der Waals surface area contributed by atoms with Crippen LogP contribution in [0.2, 0.25) is 0 Å². The molecule has 0 unspecified atom stereocenters. The summed E-state index contributed by atoms with van der Waals surface area (Å²) in [5.41, 5.74) is 2.64. The smallest absolute Gasteiger partial charge is 0.122 e. The van der Waals surface area contributed by atoms with E-state index in [1.54, 1.807) is 14.2 Å². The number of hydrogen-bond donors (Lipinski definition) is 0. The predicted octanol–water partition coefficient (Wildman–Crippen LogP) is 4.44. The Morgan fingerprint density at radius 1 is 0.900 bits per heavy atom. The largest absolute Gasteiger partial charge is 0.497 e. The van der Waals surface area contributed by atoms with Gasteiger partial charge in [0.25, 0.3) is 0 Å². The van der Waals surface area contributed by atoms with Crippen LogP contribution < -0.4 is 9.47 Å². The van der Waals surface area contributed by atoms with Crippen molar-refractivity contribution in [1.29, 1.82) is 0 Å². The van der Waals surface area contributed by atoms with Crippen LogP contribution in [0.4, 0.5) is 0 Å². The Morgan fingerprint density at radius 3 is 2.05 bits per heavy atom. The first kappa shape index (κ1) is 14.4. The zero-order chi connectivity index (χ0) is 14.4. The predicted molar refractivity (Wildman–Crippen MR) is 82.7 cm³/mol. The van der Waals surface area contributed by atoms with Crippen LogP contribution in [0.3, 0.4) is 0 Å². The molecule has 0 aliphatic carbocycles. The van der Waals surface area contributed by atoms with Crippen molar-refractivity contribution in [3.8, 4) is 11.5 Å². The van der Waals surface area contributed by atoms with Crippen LogP contribution in [0, 0.1) is 0 Å². The molecule has 0 amide bonds. The van der Waals surface area contributed by atoms with Crippen molar-refractivity contribution in [2.45, 2.75) is 25.7 Å². The highest BCUT2D eigenvalue weighted by Crippen LogP contribution is 2.29. The molecule has 0 heterocycles. The molecular formula is C18H22O2. The van der Waals surface area contributed by atoms with Gasteiger partial charge < -0.3 is 9.47 Å². The van der Waals surface area contributed by atoms with Gasteiger partial charge in [-0.3, -0.25) is 0 Å². The van der Waals surface area contributed by atoms with E-state index >= 15 is 0 Å². The highest BCUT2D eigenvalue weighted by Gasteiger charge is 2.09. The zero-order valence-electron chi connectivity index (χ0n) is 12.4. The lowest BCUT2D eigenvalue weighted by Crippen LogP contribution is -1.98. The lowest BCUT2D eigenvalue weighted by molar-refractivity contribution is 0.392. The molecule has 0 saturated carbocycles. The molecule has 0 aromatic heterocycles. The molecule has 0 aliphatic heterocycles. The molecule has 20 heavy (non-hydrogen) atoms. The Kier molecular flexibility index (Phi) is 5.05. The van der Waals surface area contributed by atoms with Gasteiger partial charge in [-0.1, -0.05) is 37.3 Å². The lowest BCUT2D eigenvalue weighted by Gasteiger charge is -2.15. The highest BCUT2D eigenvalue weighted by molar-refractivity contribution is 5.39. The maximum absolute atomic E-state index is 5.33. The fourth-order valence-electron chi connectivity index (χ4n) is 2.31. The molecular weight excluding hydrogens is 248 g/mol. The summed E-state index contributed by atoms with van der Waals surface area (Å²) in [6.45, 7) is 2.25. The van der Waals surface area contributed by atoms with Gasteiger partial charge in [0.15, 0.2) is 0 Å². The van der Waals surface area contributed by atoms with Crippen molar-refractivity contribution in [1.82, 2.24) is 0 Å². The third kappa shape index (κ3) is 3.77. The maximum Gasteiger partial charge on any atom is 0.122 e. The van der Waals surface area contributed by atoms with Gasteiger partial charge in [0.05, 0.1) is 14.2 Å². The van der Waals surface area contributed by atoms with E-state index in [0.29, 0.717) is 5.92 Å². The molecule has 2 aromatic carbocycles. The molecule has 0 fully saturated rings. The van der Waals surface area contributed by atoms with Crippen molar-refractivity contribution < 1.29 is 9.47 Å². The van der Waals surface area contributed by atoms with Crippen LogP contribution in [-0.2, 0) is 6.42 Å². The van der Waals surface area contributed by atoms with Crippen molar-refractivity contribution >= 4 is 0 Å². The van der Waals surface area contributed by atoms with Gasteiger partial charge in [-0.25, -0.2) is 0 Å². The van der Waals surface area contributed by atoms with E-state index in [9.17, 15) is 0 Å². The first-order valence-electron chi connectivity index (χ1n) is 7.00. The summed E-state index contributed by atoms with van der Waals surface area (Å²) in [4.78, 5) is 0. The summed E-state index contributed by atoms with van der Waals surface area (Å²) in [5.74, 6) is 2.18. The van der Waals surface area contributed by atoms with Crippen LogP contribution in [0.25, 0.3) is 0 Å². The quantitative estimate of drug-likeness (QED) is 0.772. The van der Waals surface area contributed by atoms with Crippen LogP contribution in [0.1, 0.15) is 30.4 Å². The van der Waals surface area contributed by atoms with Crippen molar-refractivity contribution in [2.75, 3.05) is 14.2 Å². The average molecular weight is 270 g/mol. The number of hydrogen-bond acceptors (Lipinski definition) is 2. The zero-order valence-corrected chi connectivity index (χ0v) is 12.4. The monoisotopic (exact) mass is 270 g/mol. The third-order valence-electron chi connectivity index (χ3n) is 3.65. The second-order valence-electron chi connectivity index (χ2n) is 5.07. The molecule has 2 aromatic rings. The Morgan fingerprint density at radius 2 is 1.50 bits per heavy atom. The summed E-state index contributed by atoms with van der Waals surface area (Å²) in [5, 5.41) is 0. The molecule has 0 N–H and O–H groups in total. The summed E-state index contributed by atoms with van der Waals surface area (Å²) < 4.78 is 10.7. The van der Waals surface area contributed by atoms with E-state index in [0.717, 1.165) is 24.3 Å². The standard InChI is InChI=1S/C18H22O2/c1-14(9-10-15-7-5-4-6-8-15)16-11-17(19-2)13-18(12-16)20-3/h4-8,11-14H,9-10H2,1-3H3/t14-/m1/s1. The Labute approximate surface area is 121 Å². The average Bonchev–Trinajstić information content (AvgIpc) is 2.52. The molecule has 2 nitrogen and oxygen atoms in total. The van der Waals surface area contributed by atoms with Gasteiger partial charge in [-0.05, 0) is 42.0 Å². The molecule has 1 atom stereocenters. The fourth-order valence-corrected chi connectivity index (χ4v) is 2.31. The van der Waals surface area contributed by atoms with Gasteiger partial charge in [0.1, 0.15) is 11.5 Å². The topological polar surface area (TPSA) is 18.5 Å².